The molecule has 3 aromatic rings. The van der Waals surface area contributed by atoms with Crippen molar-refractivity contribution in [2.45, 2.75) is 18.3 Å². The van der Waals surface area contributed by atoms with Gasteiger partial charge in [0.25, 0.3) is 0 Å². The van der Waals surface area contributed by atoms with Gasteiger partial charge in [0.2, 0.25) is 0 Å². The van der Waals surface area contributed by atoms with Gasteiger partial charge in [0, 0.05) is 11.8 Å². The first kappa shape index (κ1) is 12.3. The summed E-state index contributed by atoms with van der Waals surface area (Å²) in [6.07, 6.45) is 1.99. The molecule has 1 aliphatic carbocycles. The highest BCUT2D eigenvalue weighted by molar-refractivity contribution is 5.83. The molecule has 0 unspecified atom stereocenters. The molecule has 0 fully saturated rings. The van der Waals surface area contributed by atoms with Gasteiger partial charge in [-0.15, -0.1) is 0 Å². The minimum Gasteiger partial charge on any atom is -0.303 e. The molecule has 4 rings (SSSR count). The zero-order chi connectivity index (χ0) is 14.2. The lowest BCUT2D eigenvalue weighted by atomic mass is 9.91. The monoisotopic (exact) mass is 272 g/mol. The van der Waals surface area contributed by atoms with E-state index < -0.39 is 0 Å². The van der Waals surface area contributed by atoms with Crippen LogP contribution in [0.25, 0.3) is 10.8 Å². The molecule has 0 aliphatic heterocycles. The van der Waals surface area contributed by atoms with Gasteiger partial charge in [-0.25, -0.2) is 0 Å². The van der Waals surface area contributed by atoms with Crippen molar-refractivity contribution in [3.05, 3.63) is 83.4 Å². The first-order valence-electron chi connectivity index (χ1n) is 7.39. The molecule has 0 amide bonds. The molecular weight excluding hydrogens is 256 g/mol. The summed E-state index contributed by atoms with van der Waals surface area (Å²) in [6, 6.07) is 23.4. The summed E-state index contributed by atoms with van der Waals surface area (Å²) in [4.78, 5) is 11.4. The Kier molecular flexibility index (Phi) is 2.85. The van der Waals surface area contributed by atoms with Crippen molar-refractivity contribution in [1.29, 1.82) is 0 Å². The van der Waals surface area contributed by atoms with Gasteiger partial charge in [-0.1, -0.05) is 66.7 Å². The van der Waals surface area contributed by atoms with Crippen LogP contribution >= 0.6 is 0 Å². The summed E-state index contributed by atoms with van der Waals surface area (Å²) in [5, 5.41) is 2.53. The van der Waals surface area contributed by atoms with Crippen LogP contribution in [-0.4, -0.2) is 6.29 Å². The largest absolute Gasteiger partial charge is 0.303 e. The van der Waals surface area contributed by atoms with Crippen molar-refractivity contribution >= 4 is 17.1 Å². The Hall–Kier alpha value is -2.41. The molecule has 0 saturated carbocycles. The maximum absolute atomic E-state index is 11.4. The minimum atomic E-state index is 0.0395. The molecule has 3 aromatic carbocycles. The van der Waals surface area contributed by atoms with Crippen LogP contribution in [0.15, 0.2) is 66.7 Å². The molecule has 21 heavy (non-hydrogen) atoms. The van der Waals surface area contributed by atoms with Crippen molar-refractivity contribution in [3.63, 3.8) is 0 Å². The van der Waals surface area contributed by atoms with Crippen LogP contribution in [0.2, 0.25) is 0 Å². The molecule has 2 atom stereocenters. The van der Waals surface area contributed by atoms with Gasteiger partial charge in [-0.05, 0) is 33.9 Å². The van der Waals surface area contributed by atoms with E-state index in [1.807, 2.05) is 6.07 Å². The highest BCUT2D eigenvalue weighted by Crippen LogP contribution is 2.44. The minimum absolute atomic E-state index is 0.0395. The lowest BCUT2D eigenvalue weighted by molar-refractivity contribution is -0.109. The third-order valence-electron chi connectivity index (χ3n) is 4.60. The predicted octanol–water partition coefficient (Wildman–Crippen LogP) is 4.66. The highest BCUT2D eigenvalue weighted by Gasteiger charge is 2.31. The standard InChI is InChI=1S/C20H16O/c21-13-17-12-20(19-8-4-3-7-18(17)19)16-10-9-14-5-1-2-6-15(14)11-16/h1-11,13,17,20H,12H2/t17-,20+/m0/s1. The Labute approximate surface area is 124 Å². The van der Waals surface area contributed by atoms with Gasteiger partial charge in [0.1, 0.15) is 6.29 Å². The van der Waals surface area contributed by atoms with Gasteiger partial charge in [0.05, 0.1) is 0 Å². The van der Waals surface area contributed by atoms with Crippen LogP contribution < -0.4 is 0 Å². The van der Waals surface area contributed by atoms with E-state index in [2.05, 4.69) is 60.7 Å². The van der Waals surface area contributed by atoms with Gasteiger partial charge >= 0.3 is 0 Å². The molecule has 0 N–H and O–H groups in total. The lowest BCUT2D eigenvalue weighted by Gasteiger charge is -2.13. The van der Waals surface area contributed by atoms with Crippen LogP contribution in [-0.2, 0) is 4.79 Å². The fourth-order valence-electron chi connectivity index (χ4n) is 3.54. The van der Waals surface area contributed by atoms with E-state index >= 15 is 0 Å². The van der Waals surface area contributed by atoms with Crippen LogP contribution in [0.5, 0.6) is 0 Å². The summed E-state index contributed by atoms with van der Waals surface area (Å²) in [7, 11) is 0. The summed E-state index contributed by atoms with van der Waals surface area (Å²) in [5.74, 6) is 0.374. The molecule has 0 saturated heterocycles. The summed E-state index contributed by atoms with van der Waals surface area (Å²) < 4.78 is 0. The third kappa shape index (κ3) is 1.97. The van der Waals surface area contributed by atoms with Crippen molar-refractivity contribution in [2.75, 3.05) is 0 Å². The molecule has 102 valence electrons. The van der Waals surface area contributed by atoms with Crippen molar-refractivity contribution in [1.82, 2.24) is 0 Å². The second kappa shape index (κ2) is 4.85. The predicted molar refractivity (Wildman–Crippen MR) is 85.7 cm³/mol. The van der Waals surface area contributed by atoms with Crippen LogP contribution in [0.3, 0.4) is 0 Å². The normalized spacial score (nSPS) is 20.4. The maximum Gasteiger partial charge on any atom is 0.127 e. The molecule has 0 spiro atoms. The van der Waals surface area contributed by atoms with Crippen molar-refractivity contribution in [3.8, 4) is 0 Å². The summed E-state index contributed by atoms with van der Waals surface area (Å²) in [5.41, 5.74) is 3.82. The highest BCUT2D eigenvalue weighted by atomic mass is 16.1. The van der Waals surface area contributed by atoms with E-state index in [1.54, 1.807) is 0 Å². The van der Waals surface area contributed by atoms with Gasteiger partial charge in [0.15, 0.2) is 0 Å². The zero-order valence-corrected chi connectivity index (χ0v) is 11.7. The van der Waals surface area contributed by atoms with E-state index in [0.29, 0.717) is 5.92 Å². The first-order chi connectivity index (χ1) is 10.4. The number of hydrogen-bond acceptors (Lipinski definition) is 1. The van der Waals surface area contributed by atoms with Gasteiger partial charge in [-0.3, -0.25) is 0 Å². The second-order valence-electron chi connectivity index (χ2n) is 5.77. The molecule has 0 heterocycles. The Balaban J connectivity index is 1.84. The average Bonchev–Trinajstić information content (AvgIpc) is 2.93. The average molecular weight is 272 g/mol. The zero-order valence-electron chi connectivity index (χ0n) is 11.7. The fourth-order valence-corrected chi connectivity index (χ4v) is 3.54. The number of aldehydes is 1. The number of benzene rings is 3. The number of rotatable bonds is 2. The number of hydrogen-bond donors (Lipinski definition) is 0. The van der Waals surface area contributed by atoms with E-state index in [4.69, 9.17) is 0 Å². The molecular formula is C20H16O. The lowest BCUT2D eigenvalue weighted by Crippen LogP contribution is -1.97. The van der Waals surface area contributed by atoms with E-state index in [0.717, 1.165) is 12.7 Å². The summed E-state index contributed by atoms with van der Waals surface area (Å²) >= 11 is 0. The smallest absolute Gasteiger partial charge is 0.127 e. The quantitative estimate of drug-likeness (QED) is 0.620. The molecule has 1 aliphatic rings. The molecule has 0 radical (unpaired) electrons. The Morgan fingerprint density at radius 1 is 0.810 bits per heavy atom. The van der Waals surface area contributed by atoms with Crippen molar-refractivity contribution in [2.24, 2.45) is 0 Å². The molecule has 1 heteroatoms. The van der Waals surface area contributed by atoms with E-state index in [1.165, 1.54) is 27.5 Å². The fraction of sp³-hybridized carbons (Fsp3) is 0.150. The number of fused-ring (bicyclic) bond motifs is 2. The molecule has 0 bridgehead atoms. The van der Waals surface area contributed by atoms with Crippen molar-refractivity contribution < 1.29 is 4.79 Å². The van der Waals surface area contributed by atoms with Gasteiger partial charge in [-0.2, -0.15) is 0 Å². The molecule has 1 nitrogen and oxygen atoms in total. The molecule has 0 aromatic heterocycles. The van der Waals surface area contributed by atoms with Crippen LogP contribution in [0.4, 0.5) is 0 Å². The number of carbonyl (C=O) groups is 1. The number of carbonyl (C=O) groups excluding carboxylic acids is 1. The van der Waals surface area contributed by atoms with Crippen LogP contribution in [0.1, 0.15) is 34.9 Å². The topological polar surface area (TPSA) is 17.1 Å². The van der Waals surface area contributed by atoms with Crippen LogP contribution in [0, 0.1) is 0 Å². The Morgan fingerprint density at radius 3 is 2.33 bits per heavy atom. The third-order valence-corrected chi connectivity index (χ3v) is 4.60. The van der Waals surface area contributed by atoms with E-state index in [-0.39, 0.29) is 5.92 Å². The Bertz CT molecular complexity index is 819. The van der Waals surface area contributed by atoms with E-state index in [9.17, 15) is 4.79 Å². The first-order valence-corrected chi connectivity index (χ1v) is 7.39. The second-order valence-corrected chi connectivity index (χ2v) is 5.77. The maximum atomic E-state index is 11.4. The SMILES string of the molecule is O=C[C@@H]1C[C@H](c2ccc3ccccc3c2)c2ccccc21. The summed E-state index contributed by atoms with van der Waals surface area (Å²) in [6.45, 7) is 0. The van der Waals surface area contributed by atoms with Gasteiger partial charge < -0.3 is 4.79 Å². The Morgan fingerprint density at radius 2 is 1.52 bits per heavy atom.